The van der Waals surface area contributed by atoms with Crippen LogP contribution in [0.25, 0.3) is 11.5 Å². The number of carbonyl (C=O) groups is 1. The summed E-state index contributed by atoms with van der Waals surface area (Å²) < 4.78 is 10.6. The third-order valence-corrected chi connectivity index (χ3v) is 5.67. The highest BCUT2D eigenvalue weighted by Crippen LogP contribution is 2.24. The third kappa shape index (κ3) is 4.87. The summed E-state index contributed by atoms with van der Waals surface area (Å²) in [6, 6.07) is 17.9. The van der Waals surface area contributed by atoms with Crippen LogP contribution in [-0.2, 0) is 17.6 Å². The van der Waals surface area contributed by atoms with Gasteiger partial charge < -0.3 is 14.2 Å². The molecule has 1 amide bonds. The number of aryl methyl sites for hydroxylation is 2. The van der Waals surface area contributed by atoms with Crippen LogP contribution in [0.15, 0.2) is 59.1 Å². The van der Waals surface area contributed by atoms with Gasteiger partial charge in [0.25, 0.3) is 5.89 Å². The maximum absolute atomic E-state index is 12.8. The Kier molecular flexibility index (Phi) is 6.42. The Balaban J connectivity index is 1.29. The molecule has 0 saturated carbocycles. The van der Waals surface area contributed by atoms with Gasteiger partial charge in [0.15, 0.2) is 5.82 Å². The lowest BCUT2D eigenvalue weighted by Crippen LogP contribution is -2.36. The lowest BCUT2D eigenvalue weighted by atomic mass is 10.1. The minimum atomic E-state index is 0.228. The zero-order chi connectivity index (χ0) is 20.8. The number of likely N-dealkylation sites (tertiary alicyclic amines) is 1. The second kappa shape index (κ2) is 9.57. The van der Waals surface area contributed by atoms with E-state index < -0.39 is 0 Å². The van der Waals surface area contributed by atoms with Crippen LogP contribution in [0.1, 0.15) is 37.1 Å². The molecule has 4 rings (SSSR count). The summed E-state index contributed by atoms with van der Waals surface area (Å²) >= 11 is 0. The molecule has 156 valence electrons. The number of ether oxygens (including phenoxy) is 1. The number of carbonyl (C=O) groups excluding carboxylic acids is 1. The number of amides is 1. The lowest BCUT2D eigenvalue weighted by Gasteiger charge is -2.24. The molecule has 2 heterocycles. The highest BCUT2D eigenvalue weighted by atomic mass is 16.5. The zero-order valence-electron chi connectivity index (χ0n) is 17.3. The molecule has 6 nitrogen and oxygen atoms in total. The third-order valence-electron chi connectivity index (χ3n) is 5.67. The second-order valence-electron chi connectivity index (χ2n) is 7.65. The first-order valence-electron chi connectivity index (χ1n) is 10.5. The Labute approximate surface area is 176 Å². The molecule has 0 bridgehead atoms. The smallest absolute Gasteiger partial charge is 0.257 e. The zero-order valence-corrected chi connectivity index (χ0v) is 17.3. The number of rotatable bonds is 8. The van der Waals surface area contributed by atoms with Crippen molar-refractivity contribution in [2.24, 2.45) is 0 Å². The highest BCUT2D eigenvalue weighted by molar-refractivity contribution is 5.77. The molecule has 3 aromatic rings. The van der Waals surface area contributed by atoms with Crippen molar-refractivity contribution in [2.75, 3.05) is 13.7 Å². The van der Waals surface area contributed by atoms with E-state index in [1.165, 1.54) is 0 Å². The summed E-state index contributed by atoms with van der Waals surface area (Å²) in [7, 11) is 1.66. The van der Waals surface area contributed by atoms with Gasteiger partial charge in [0.1, 0.15) is 5.75 Å². The first-order valence-corrected chi connectivity index (χ1v) is 10.5. The van der Waals surface area contributed by atoms with Gasteiger partial charge in [0.05, 0.1) is 7.11 Å². The van der Waals surface area contributed by atoms with Crippen molar-refractivity contribution in [1.82, 2.24) is 15.0 Å². The fourth-order valence-corrected chi connectivity index (χ4v) is 4.00. The van der Waals surface area contributed by atoms with E-state index in [9.17, 15) is 4.79 Å². The van der Waals surface area contributed by atoms with Crippen LogP contribution >= 0.6 is 0 Å². The number of hydrogen-bond acceptors (Lipinski definition) is 5. The van der Waals surface area contributed by atoms with Crippen molar-refractivity contribution in [3.05, 3.63) is 66.0 Å². The quantitative estimate of drug-likeness (QED) is 0.559. The largest absolute Gasteiger partial charge is 0.497 e. The second-order valence-corrected chi connectivity index (χ2v) is 7.65. The number of benzene rings is 2. The van der Waals surface area contributed by atoms with Crippen LogP contribution in [0.3, 0.4) is 0 Å². The molecule has 1 saturated heterocycles. The van der Waals surface area contributed by atoms with Gasteiger partial charge in [-0.2, -0.15) is 4.98 Å². The topological polar surface area (TPSA) is 68.5 Å². The van der Waals surface area contributed by atoms with Gasteiger partial charge in [-0.25, -0.2) is 0 Å². The normalized spacial score (nSPS) is 16.0. The number of aromatic nitrogens is 2. The van der Waals surface area contributed by atoms with Crippen molar-refractivity contribution in [2.45, 2.75) is 44.6 Å². The molecule has 6 heteroatoms. The van der Waals surface area contributed by atoms with Crippen molar-refractivity contribution in [3.8, 4) is 17.2 Å². The van der Waals surface area contributed by atoms with E-state index in [0.717, 1.165) is 49.1 Å². The molecular weight excluding hydrogens is 378 g/mol. The number of nitrogens with zero attached hydrogens (tertiary/aromatic N) is 3. The molecule has 1 unspecified atom stereocenters. The Bertz CT molecular complexity index is 953. The van der Waals surface area contributed by atoms with Crippen LogP contribution in [0.2, 0.25) is 0 Å². The van der Waals surface area contributed by atoms with Gasteiger partial charge in [-0.3, -0.25) is 4.79 Å². The predicted octanol–water partition coefficient (Wildman–Crippen LogP) is 4.30. The summed E-state index contributed by atoms with van der Waals surface area (Å²) in [6.45, 7) is 0.841. The van der Waals surface area contributed by atoms with Crippen LogP contribution in [0.4, 0.5) is 0 Å². The Morgan fingerprint density at radius 1 is 1.13 bits per heavy atom. The van der Waals surface area contributed by atoms with Crippen molar-refractivity contribution < 1.29 is 14.1 Å². The average Bonchev–Trinajstić information content (AvgIpc) is 3.46. The SMILES string of the molecule is COc1ccc(CCC(=O)N2CCCC2CCc2noc(-c3ccccc3)n2)cc1. The fourth-order valence-electron chi connectivity index (χ4n) is 4.00. The Morgan fingerprint density at radius 2 is 1.93 bits per heavy atom. The van der Waals surface area contributed by atoms with Gasteiger partial charge >= 0.3 is 0 Å². The molecule has 2 aromatic carbocycles. The Hall–Kier alpha value is -3.15. The predicted molar refractivity (Wildman–Crippen MR) is 114 cm³/mol. The lowest BCUT2D eigenvalue weighted by molar-refractivity contribution is -0.132. The molecule has 0 N–H and O–H groups in total. The van der Waals surface area contributed by atoms with Crippen molar-refractivity contribution >= 4 is 5.91 Å². The minimum absolute atomic E-state index is 0.228. The van der Waals surface area contributed by atoms with E-state index >= 15 is 0 Å². The van der Waals surface area contributed by atoms with Gasteiger partial charge in [-0.05, 0) is 55.5 Å². The Morgan fingerprint density at radius 3 is 2.70 bits per heavy atom. The molecule has 0 aliphatic carbocycles. The van der Waals surface area contributed by atoms with Gasteiger partial charge in [-0.1, -0.05) is 35.5 Å². The standard InChI is InChI=1S/C24H27N3O3/c1-29-21-13-9-18(10-14-21)11-16-23(28)27-17-5-8-20(27)12-15-22-25-24(30-26-22)19-6-3-2-4-7-19/h2-4,6-7,9-10,13-14,20H,5,8,11-12,15-17H2,1H3. The fraction of sp³-hybridized carbons (Fsp3) is 0.375. The summed E-state index contributed by atoms with van der Waals surface area (Å²) in [4.78, 5) is 19.4. The molecule has 0 spiro atoms. The minimum Gasteiger partial charge on any atom is -0.497 e. The van der Waals surface area contributed by atoms with E-state index in [2.05, 4.69) is 10.1 Å². The molecule has 1 aliphatic rings. The number of methoxy groups -OCH3 is 1. The van der Waals surface area contributed by atoms with Crippen LogP contribution in [-0.4, -0.2) is 40.6 Å². The highest BCUT2D eigenvalue weighted by Gasteiger charge is 2.28. The van der Waals surface area contributed by atoms with E-state index in [1.807, 2.05) is 59.5 Å². The molecule has 1 aromatic heterocycles. The molecule has 1 aliphatic heterocycles. The van der Waals surface area contributed by atoms with Crippen LogP contribution < -0.4 is 4.74 Å². The summed E-state index contributed by atoms with van der Waals surface area (Å²) in [5.41, 5.74) is 2.08. The van der Waals surface area contributed by atoms with E-state index in [-0.39, 0.29) is 11.9 Å². The first-order chi connectivity index (χ1) is 14.7. The van der Waals surface area contributed by atoms with Crippen molar-refractivity contribution in [3.63, 3.8) is 0 Å². The maximum Gasteiger partial charge on any atom is 0.257 e. The summed E-state index contributed by atoms with van der Waals surface area (Å²) in [5, 5.41) is 4.11. The average molecular weight is 405 g/mol. The molecular formula is C24H27N3O3. The van der Waals surface area contributed by atoms with Crippen LogP contribution in [0.5, 0.6) is 5.75 Å². The summed E-state index contributed by atoms with van der Waals surface area (Å²) in [6.07, 6.45) is 4.95. The molecule has 0 radical (unpaired) electrons. The molecule has 1 fully saturated rings. The van der Waals surface area contributed by atoms with E-state index in [4.69, 9.17) is 9.26 Å². The molecule has 30 heavy (non-hydrogen) atoms. The number of hydrogen-bond donors (Lipinski definition) is 0. The van der Waals surface area contributed by atoms with Crippen molar-refractivity contribution in [1.29, 1.82) is 0 Å². The monoisotopic (exact) mass is 405 g/mol. The first kappa shape index (κ1) is 20.1. The van der Waals surface area contributed by atoms with Gasteiger partial charge in [0.2, 0.25) is 5.91 Å². The van der Waals surface area contributed by atoms with Crippen LogP contribution in [0, 0.1) is 0 Å². The summed E-state index contributed by atoms with van der Waals surface area (Å²) in [5.74, 6) is 2.31. The molecule has 1 atom stereocenters. The van der Waals surface area contributed by atoms with Gasteiger partial charge in [0, 0.05) is 31.0 Å². The maximum atomic E-state index is 12.8. The van der Waals surface area contributed by atoms with Gasteiger partial charge in [-0.15, -0.1) is 0 Å². The van der Waals surface area contributed by atoms with E-state index in [1.54, 1.807) is 7.11 Å². The van der Waals surface area contributed by atoms with E-state index in [0.29, 0.717) is 24.6 Å².